The molecule has 2 rings (SSSR count). The molecular weight excluding hydrogens is 519 g/mol. The molecule has 0 bridgehead atoms. The van der Waals surface area contributed by atoms with Gasteiger partial charge in [0.2, 0.25) is 15.6 Å². The van der Waals surface area contributed by atoms with Gasteiger partial charge in [-0.1, -0.05) is 66.2 Å². The predicted octanol–water partition coefficient (Wildman–Crippen LogP) is 2.93. The number of carbonyl (C=O) groups is 4. The van der Waals surface area contributed by atoms with Crippen LogP contribution in [0.2, 0.25) is 0 Å². The summed E-state index contributed by atoms with van der Waals surface area (Å²) in [7, 11) is 0. The minimum absolute atomic E-state index is 0.0192. The molecule has 1 saturated heterocycles. The Morgan fingerprint density at radius 3 is 2.40 bits per heavy atom. The van der Waals surface area contributed by atoms with Crippen LogP contribution in [-0.4, -0.2) is 63.8 Å². The molecule has 1 saturated carbocycles. The number of ether oxygens (including phenoxy) is 1. The number of halogens is 3. The Labute approximate surface area is 221 Å². The second-order valence-electron chi connectivity index (χ2n) is 8.98. The molecule has 0 spiro atoms. The van der Waals surface area contributed by atoms with Crippen LogP contribution in [0.4, 0.5) is 0 Å². The van der Waals surface area contributed by atoms with E-state index in [1.807, 2.05) is 6.92 Å². The molecule has 1 aliphatic carbocycles. The number of rotatable bonds is 9. The van der Waals surface area contributed by atoms with E-state index in [9.17, 15) is 19.2 Å². The van der Waals surface area contributed by atoms with Gasteiger partial charge in [-0.3, -0.25) is 24.2 Å². The van der Waals surface area contributed by atoms with Gasteiger partial charge in [0.1, 0.15) is 24.7 Å². The molecule has 0 aromatic heterocycles. The fraction of sp³-hybridized carbons (Fsp3) is 0.739. The normalized spacial score (nSPS) is 21.3. The maximum Gasteiger partial charge on any atom is 0.325 e. The third-order valence-corrected chi connectivity index (χ3v) is 6.43. The topological polar surface area (TPSA) is 117 Å². The minimum Gasteiger partial charge on any atom is -0.460 e. The Kier molecular flexibility index (Phi) is 12.1. The summed E-state index contributed by atoms with van der Waals surface area (Å²) in [6.07, 6.45) is 9.50. The molecule has 0 radical (unpaired) electrons. The molecule has 9 nitrogen and oxygen atoms in total. The number of amides is 3. The summed E-state index contributed by atoms with van der Waals surface area (Å²) in [6, 6.07) is -2.35. The second-order valence-corrected chi connectivity index (χ2v) is 11.5. The molecule has 2 aliphatic rings. The van der Waals surface area contributed by atoms with Crippen LogP contribution < -0.4 is 16.1 Å². The summed E-state index contributed by atoms with van der Waals surface area (Å²) in [5.41, 5.74) is 2.84. The molecule has 1 heterocycles. The van der Waals surface area contributed by atoms with Crippen LogP contribution in [0.25, 0.3) is 0 Å². The highest BCUT2D eigenvalue weighted by Crippen LogP contribution is 2.27. The van der Waals surface area contributed by atoms with E-state index in [1.54, 1.807) is 19.1 Å². The Morgan fingerprint density at radius 1 is 1.09 bits per heavy atom. The van der Waals surface area contributed by atoms with Crippen LogP contribution in [0.5, 0.6) is 0 Å². The van der Waals surface area contributed by atoms with E-state index < -0.39 is 40.4 Å². The van der Waals surface area contributed by atoms with E-state index in [0.717, 1.165) is 32.1 Å². The van der Waals surface area contributed by atoms with Crippen LogP contribution in [0.15, 0.2) is 12.2 Å². The minimum atomic E-state index is -1.73. The van der Waals surface area contributed by atoms with Crippen molar-refractivity contribution in [2.75, 3.05) is 13.2 Å². The fourth-order valence-electron chi connectivity index (χ4n) is 4.29. The zero-order chi connectivity index (χ0) is 26.0. The van der Waals surface area contributed by atoms with Crippen molar-refractivity contribution < 1.29 is 23.9 Å². The van der Waals surface area contributed by atoms with Crippen molar-refractivity contribution in [3.05, 3.63) is 12.2 Å². The Hall–Kier alpha value is -1.55. The molecule has 0 aromatic carbocycles. The van der Waals surface area contributed by atoms with E-state index in [4.69, 9.17) is 39.5 Å². The lowest BCUT2D eigenvalue weighted by atomic mass is 9.83. The van der Waals surface area contributed by atoms with Gasteiger partial charge in [0.25, 0.3) is 5.91 Å². The maximum absolute atomic E-state index is 13.2. The summed E-state index contributed by atoms with van der Waals surface area (Å²) < 4.78 is 3.29. The number of esters is 1. The average Bonchev–Trinajstić information content (AvgIpc) is 2.84. The number of carbonyl (C=O) groups excluding carboxylic acids is 4. The molecule has 0 aromatic rings. The van der Waals surface area contributed by atoms with E-state index >= 15 is 0 Å². The highest BCUT2D eigenvalue weighted by molar-refractivity contribution is 6.67. The van der Waals surface area contributed by atoms with Gasteiger partial charge in [-0.15, -0.1) is 0 Å². The summed E-state index contributed by atoms with van der Waals surface area (Å²) in [5, 5.41) is 6.91. The number of allylic oxidation sites excluding steroid dienone is 1. The Balaban J connectivity index is 1.97. The van der Waals surface area contributed by atoms with Gasteiger partial charge in [-0.2, -0.15) is 0 Å². The third-order valence-electron chi connectivity index (χ3n) is 6.10. The van der Waals surface area contributed by atoms with Gasteiger partial charge < -0.3 is 15.4 Å². The van der Waals surface area contributed by atoms with Gasteiger partial charge in [0.05, 0.1) is 0 Å². The largest absolute Gasteiger partial charge is 0.460 e. The van der Waals surface area contributed by atoms with E-state index in [2.05, 4.69) is 16.1 Å². The summed E-state index contributed by atoms with van der Waals surface area (Å²) >= 11 is 16.9. The van der Waals surface area contributed by atoms with Crippen molar-refractivity contribution >= 4 is 58.5 Å². The monoisotopic (exact) mass is 552 g/mol. The number of nitrogens with zero attached hydrogens (tertiary/aromatic N) is 1. The van der Waals surface area contributed by atoms with Crippen LogP contribution >= 0.6 is 34.8 Å². The molecule has 2 fully saturated rings. The molecule has 3 amide bonds. The van der Waals surface area contributed by atoms with Crippen molar-refractivity contribution in [2.24, 2.45) is 5.92 Å². The molecule has 3 unspecified atom stereocenters. The number of hydrogen-bond acceptors (Lipinski definition) is 6. The van der Waals surface area contributed by atoms with Crippen molar-refractivity contribution in [1.29, 1.82) is 0 Å². The van der Waals surface area contributed by atoms with Crippen molar-refractivity contribution in [3.63, 3.8) is 0 Å². The number of hydrogen-bond donors (Lipinski definition) is 3. The van der Waals surface area contributed by atoms with Gasteiger partial charge in [-0.05, 0) is 45.4 Å². The maximum atomic E-state index is 13.2. The van der Waals surface area contributed by atoms with Gasteiger partial charge >= 0.3 is 5.97 Å². The van der Waals surface area contributed by atoms with Gasteiger partial charge in [-0.25, -0.2) is 5.43 Å². The molecule has 12 heteroatoms. The lowest BCUT2D eigenvalue weighted by Gasteiger charge is -2.35. The SMILES string of the molecule is CC=CCC(=O)NC(C(=O)NC(C)C(=O)N1CCCC(C(=O)OCC(Cl)(Cl)Cl)N1)C1CCCCC1. The molecule has 3 N–H and O–H groups in total. The summed E-state index contributed by atoms with van der Waals surface area (Å²) in [5.74, 6) is -1.64. The van der Waals surface area contributed by atoms with E-state index in [0.29, 0.717) is 19.4 Å². The molecule has 198 valence electrons. The molecular formula is C23H35Cl3N4O5. The van der Waals surface area contributed by atoms with Crippen molar-refractivity contribution in [1.82, 2.24) is 21.1 Å². The zero-order valence-electron chi connectivity index (χ0n) is 20.2. The quantitative estimate of drug-likeness (QED) is 0.230. The number of hydrazine groups is 1. The summed E-state index contributed by atoms with van der Waals surface area (Å²) in [6.45, 7) is 3.36. The lowest BCUT2D eigenvalue weighted by Crippen LogP contribution is -2.61. The van der Waals surface area contributed by atoms with Gasteiger partial charge in [0, 0.05) is 13.0 Å². The van der Waals surface area contributed by atoms with Crippen LogP contribution in [0.3, 0.4) is 0 Å². The predicted molar refractivity (Wildman–Crippen MR) is 135 cm³/mol. The van der Waals surface area contributed by atoms with Crippen LogP contribution in [0.1, 0.15) is 65.2 Å². The highest BCUT2D eigenvalue weighted by atomic mass is 35.6. The van der Waals surface area contributed by atoms with E-state index in [1.165, 1.54) is 5.01 Å². The Morgan fingerprint density at radius 2 is 1.77 bits per heavy atom. The first-order valence-corrected chi connectivity index (χ1v) is 13.2. The highest BCUT2D eigenvalue weighted by Gasteiger charge is 2.35. The van der Waals surface area contributed by atoms with Crippen molar-refractivity contribution in [2.45, 2.75) is 87.1 Å². The number of nitrogens with one attached hydrogen (secondary N) is 3. The molecule has 35 heavy (non-hydrogen) atoms. The van der Waals surface area contributed by atoms with E-state index in [-0.39, 0.29) is 24.2 Å². The zero-order valence-corrected chi connectivity index (χ0v) is 22.4. The van der Waals surface area contributed by atoms with Crippen molar-refractivity contribution in [3.8, 4) is 0 Å². The van der Waals surface area contributed by atoms with Gasteiger partial charge in [0.15, 0.2) is 0 Å². The first kappa shape index (κ1) is 29.7. The fourth-order valence-corrected chi connectivity index (χ4v) is 4.45. The molecule has 1 aliphatic heterocycles. The Bertz CT molecular complexity index is 784. The average molecular weight is 554 g/mol. The second kappa shape index (κ2) is 14.3. The molecule has 3 atom stereocenters. The first-order chi connectivity index (χ1) is 16.5. The summed E-state index contributed by atoms with van der Waals surface area (Å²) in [4.78, 5) is 50.8. The van der Waals surface area contributed by atoms with Crippen LogP contribution in [-0.2, 0) is 23.9 Å². The smallest absolute Gasteiger partial charge is 0.325 e. The van der Waals surface area contributed by atoms with Crippen LogP contribution in [0, 0.1) is 5.92 Å². The lowest BCUT2D eigenvalue weighted by molar-refractivity contribution is -0.152. The standard InChI is InChI=1S/C23H35Cl3N4O5/c1-3-4-12-18(31)28-19(16-9-6-5-7-10-16)20(32)27-15(2)21(33)30-13-8-11-17(29-30)22(34)35-14-23(24,25)26/h3-4,15-17,19,29H,5-14H2,1-2H3,(H,27,32)(H,28,31). The third kappa shape index (κ3) is 10.1. The first-order valence-electron chi connectivity index (χ1n) is 12.0. The number of alkyl halides is 3.